The molecule has 0 saturated carbocycles. The zero-order valence-electron chi connectivity index (χ0n) is 17.9. The summed E-state index contributed by atoms with van der Waals surface area (Å²) in [6.45, 7) is 14.8. The van der Waals surface area contributed by atoms with E-state index in [-0.39, 0.29) is 6.61 Å². The summed E-state index contributed by atoms with van der Waals surface area (Å²) in [5.74, 6) is -0.875. The highest BCUT2D eigenvalue weighted by Crippen LogP contribution is 2.32. The molecule has 0 aliphatic carbocycles. The topological polar surface area (TPSA) is 89.5 Å². The molecule has 0 radical (unpaired) electrons. The van der Waals surface area contributed by atoms with Crippen LogP contribution in [0.3, 0.4) is 0 Å². The number of rotatable bonds is 8. The molecular weight excluding hydrogens is 388 g/mol. The zero-order chi connectivity index (χ0) is 21.0. The molecule has 0 aromatic heterocycles. The molecule has 5 atom stereocenters. The van der Waals surface area contributed by atoms with Crippen molar-refractivity contribution < 1.29 is 37.4 Å². The van der Waals surface area contributed by atoms with Gasteiger partial charge in [-0.3, -0.25) is 9.59 Å². The van der Waals surface area contributed by atoms with Crippen LogP contribution in [0.4, 0.5) is 0 Å². The van der Waals surface area contributed by atoms with Crippen molar-refractivity contribution in [3.05, 3.63) is 0 Å². The first-order valence-electron chi connectivity index (χ1n) is 9.08. The standard InChI is InChI=1S/C17H34O8Si2/c1-11(18)21-10-13-14(24-26(4,5)6)15(22-12(2)19)16(17(20-3)23-13)25-27(7,8)9/h13-17H,10H2,1-9H3. The summed E-state index contributed by atoms with van der Waals surface area (Å²) in [7, 11) is -2.58. The van der Waals surface area contributed by atoms with E-state index in [2.05, 4.69) is 0 Å². The summed E-state index contributed by atoms with van der Waals surface area (Å²) < 4.78 is 34.8. The predicted molar refractivity (Wildman–Crippen MR) is 104 cm³/mol. The molecule has 0 aromatic rings. The molecule has 158 valence electrons. The van der Waals surface area contributed by atoms with Gasteiger partial charge in [0.1, 0.15) is 24.9 Å². The third kappa shape index (κ3) is 8.40. The average Bonchev–Trinajstić information content (AvgIpc) is 2.46. The molecule has 10 heteroatoms. The molecule has 0 spiro atoms. The van der Waals surface area contributed by atoms with Gasteiger partial charge in [-0.15, -0.1) is 0 Å². The highest BCUT2D eigenvalue weighted by Gasteiger charge is 2.52. The number of methoxy groups -OCH3 is 1. The van der Waals surface area contributed by atoms with Gasteiger partial charge in [0.15, 0.2) is 29.0 Å². The van der Waals surface area contributed by atoms with Crippen LogP contribution >= 0.6 is 0 Å². The minimum absolute atomic E-state index is 0.0260. The van der Waals surface area contributed by atoms with Gasteiger partial charge in [0.2, 0.25) is 0 Å². The molecule has 0 N–H and O–H groups in total. The highest BCUT2D eigenvalue weighted by atomic mass is 28.4. The molecule has 1 saturated heterocycles. The maximum absolute atomic E-state index is 11.8. The van der Waals surface area contributed by atoms with Crippen molar-refractivity contribution in [2.45, 2.75) is 83.8 Å². The van der Waals surface area contributed by atoms with Crippen LogP contribution in [-0.4, -0.2) is 73.0 Å². The Morgan fingerprint density at radius 2 is 1.37 bits per heavy atom. The van der Waals surface area contributed by atoms with Gasteiger partial charge in [-0.25, -0.2) is 0 Å². The Morgan fingerprint density at radius 1 is 0.852 bits per heavy atom. The first kappa shape index (κ1) is 24.3. The largest absolute Gasteiger partial charge is 0.463 e. The summed E-state index contributed by atoms with van der Waals surface area (Å²) >= 11 is 0. The Morgan fingerprint density at radius 3 is 1.78 bits per heavy atom. The monoisotopic (exact) mass is 422 g/mol. The van der Waals surface area contributed by atoms with Crippen molar-refractivity contribution in [2.24, 2.45) is 0 Å². The third-order valence-corrected chi connectivity index (χ3v) is 5.51. The van der Waals surface area contributed by atoms with Crippen LogP contribution in [-0.2, 0) is 37.4 Å². The Bertz CT molecular complexity index is 514. The van der Waals surface area contributed by atoms with Crippen molar-refractivity contribution in [3.63, 3.8) is 0 Å². The minimum Gasteiger partial charge on any atom is -0.463 e. The lowest BCUT2D eigenvalue weighted by Crippen LogP contribution is -2.65. The van der Waals surface area contributed by atoms with Crippen molar-refractivity contribution >= 4 is 28.6 Å². The van der Waals surface area contributed by atoms with Crippen LogP contribution in [0, 0.1) is 0 Å². The quantitative estimate of drug-likeness (QED) is 0.435. The fraction of sp³-hybridized carbons (Fsp3) is 0.882. The van der Waals surface area contributed by atoms with Crippen LogP contribution in [0.5, 0.6) is 0 Å². The molecule has 0 aromatic carbocycles. The Balaban J connectivity index is 3.27. The molecule has 1 aliphatic heterocycles. The number of hydrogen-bond acceptors (Lipinski definition) is 8. The minimum atomic E-state index is -2.05. The summed E-state index contributed by atoms with van der Waals surface area (Å²) in [5.41, 5.74) is 0. The second kappa shape index (κ2) is 9.61. The second-order valence-electron chi connectivity index (χ2n) is 8.54. The molecular formula is C17H34O8Si2. The van der Waals surface area contributed by atoms with Crippen LogP contribution in [0.2, 0.25) is 39.3 Å². The van der Waals surface area contributed by atoms with E-state index in [0.717, 1.165) is 0 Å². The van der Waals surface area contributed by atoms with Gasteiger partial charge in [-0.2, -0.15) is 0 Å². The second-order valence-corrected chi connectivity index (χ2v) is 17.5. The lowest BCUT2D eigenvalue weighted by atomic mass is 9.99. The van der Waals surface area contributed by atoms with Gasteiger partial charge < -0.3 is 27.8 Å². The van der Waals surface area contributed by atoms with E-state index in [4.69, 9.17) is 27.8 Å². The number of carbonyl (C=O) groups is 2. The number of hydrogen-bond donors (Lipinski definition) is 0. The van der Waals surface area contributed by atoms with Gasteiger partial charge in [-0.1, -0.05) is 0 Å². The lowest BCUT2D eigenvalue weighted by molar-refractivity contribution is -0.290. The molecule has 0 amide bonds. The van der Waals surface area contributed by atoms with Crippen molar-refractivity contribution in [1.29, 1.82) is 0 Å². The summed E-state index contributed by atoms with van der Waals surface area (Å²) in [6.07, 6.45) is -3.42. The Kier molecular flexibility index (Phi) is 8.64. The van der Waals surface area contributed by atoms with Crippen LogP contribution < -0.4 is 0 Å². The van der Waals surface area contributed by atoms with Gasteiger partial charge in [0.05, 0.1) is 0 Å². The molecule has 1 heterocycles. The predicted octanol–water partition coefficient (Wildman–Crippen LogP) is 2.29. The SMILES string of the molecule is COC1OC(COC(C)=O)C(O[Si](C)(C)C)C(OC(C)=O)C1O[Si](C)(C)C. The van der Waals surface area contributed by atoms with E-state index in [1.54, 1.807) is 0 Å². The van der Waals surface area contributed by atoms with Gasteiger partial charge in [0.25, 0.3) is 0 Å². The van der Waals surface area contributed by atoms with E-state index >= 15 is 0 Å². The molecule has 0 bridgehead atoms. The fourth-order valence-corrected chi connectivity index (χ4v) is 4.98. The van der Waals surface area contributed by atoms with E-state index in [9.17, 15) is 9.59 Å². The van der Waals surface area contributed by atoms with E-state index in [0.29, 0.717) is 0 Å². The molecule has 5 unspecified atom stereocenters. The van der Waals surface area contributed by atoms with E-state index < -0.39 is 59.3 Å². The molecule has 1 aliphatic rings. The third-order valence-electron chi connectivity index (χ3n) is 3.56. The van der Waals surface area contributed by atoms with Gasteiger partial charge >= 0.3 is 11.9 Å². The number of ether oxygens (including phenoxy) is 4. The van der Waals surface area contributed by atoms with Crippen LogP contribution in [0.15, 0.2) is 0 Å². The van der Waals surface area contributed by atoms with Gasteiger partial charge in [0, 0.05) is 21.0 Å². The van der Waals surface area contributed by atoms with Crippen LogP contribution in [0.25, 0.3) is 0 Å². The fourth-order valence-electron chi connectivity index (χ4n) is 2.81. The maximum atomic E-state index is 11.8. The zero-order valence-corrected chi connectivity index (χ0v) is 19.9. The molecule has 27 heavy (non-hydrogen) atoms. The smallest absolute Gasteiger partial charge is 0.303 e. The highest BCUT2D eigenvalue weighted by molar-refractivity contribution is 6.70. The van der Waals surface area contributed by atoms with E-state index in [1.807, 2.05) is 39.3 Å². The molecule has 1 fully saturated rings. The van der Waals surface area contributed by atoms with Gasteiger partial charge in [-0.05, 0) is 39.3 Å². The summed E-state index contributed by atoms with van der Waals surface area (Å²) in [6, 6.07) is 0. The summed E-state index contributed by atoms with van der Waals surface area (Å²) in [4.78, 5) is 23.1. The van der Waals surface area contributed by atoms with E-state index in [1.165, 1.54) is 21.0 Å². The number of esters is 2. The maximum Gasteiger partial charge on any atom is 0.303 e. The average molecular weight is 423 g/mol. The van der Waals surface area contributed by atoms with Crippen molar-refractivity contribution in [2.75, 3.05) is 13.7 Å². The molecule has 8 nitrogen and oxygen atoms in total. The van der Waals surface area contributed by atoms with Crippen LogP contribution in [0.1, 0.15) is 13.8 Å². The number of carbonyl (C=O) groups excluding carboxylic acids is 2. The van der Waals surface area contributed by atoms with Crippen molar-refractivity contribution in [1.82, 2.24) is 0 Å². The molecule has 1 rings (SSSR count). The normalized spacial score (nSPS) is 29.3. The Labute approximate surface area is 164 Å². The first-order valence-corrected chi connectivity index (χ1v) is 15.9. The Hall–Kier alpha value is -0.786. The summed E-state index contributed by atoms with van der Waals surface area (Å²) in [5, 5.41) is 0. The van der Waals surface area contributed by atoms with Crippen molar-refractivity contribution in [3.8, 4) is 0 Å². The first-order chi connectivity index (χ1) is 12.2. The lowest BCUT2D eigenvalue weighted by Gasteiger charge is -2.48.